The number of benzene rings is 3. The molecule has 0 saturated carbocycles. The Hall–Kier alpha value is -4.99. The lowest BCUT2D eigenvalue weighted by atomic mass is 9.95. The Morgan fingerprint density at radius 2 is 1.89 bits per heavy atom. The zero-order chi connectivity index (χ0) is 27.0. The Balaban J connectivity index is 1.55. The van der Waals surface area contributed by atoms with Gasteiger partial charge in [0.15, 0.2) is 0 Å². The molecule has 1 unspecified atom stereocenters. The normalized spacial score (nSPS) is 16.8. The van der Waals surface area contributed by atoms with Crippen molar-refractivity contribution in [2.45, 2.75) is 12.5 Å². The van der Waals surface area contributed by atoms with Gasteiger partial charge in [0.25, 0.3) is 17.4 Å². The van der Waals surface area contributed by atoms with Gasteiger partial charge in [-0.3, -0.25) is 19.7 Å². The molecule has 1 aliphatic heterocycles. The molecule has 5 rings (SSSR count). The number of fused-ring (bicyclic) bond motifs is 1. The van der Waals surface area contributed by atoms with Crippen LogP contribution in [0, 0.1) is 15.9 Å². The molecular weight excluding hydrogens is 493 g/mol. The number of methoxy groups -OCH3 is 1. The number of Topliss-reactive ketones (excluding diaryl/α,β-unsaturated/α-hetero) is 1. The molecule has 38 heavy (non-hydrogen) atoms. The average molecular weight is 515 g/mol. The molecule has 0 radical (unpaired) electrons. The number of ether oxygens (including phenoxy) is 1. The van der Waals surface area contributed by atoms with E-state index < -0.39 is 34.2 Å². The SMILES string of the molecule is COc1ccc2[nH]cc(CCN3C(=O)C(=O)/C(=C(\O)c4ccc([N+](=O)[O-])cc4)C3c3cccc(F)c3)c2c1. The van der Waals surface area contributed by atoms with Crippen LogP contribution in [0.5, 0.6) is 5.75 Å². The van der Waals surface area contributed by atoms with E-state index in [1.54, 1.807) is 13.2 Å². The van der Waals surface area contributed by atoms with Crippen LogP contribution in [0.4, 0.5) is 10.1 Å². The number of carbonyl (C=O) groups is 2. The lowest BCUT2D eigenvalue weighted by Gasteiger charge is -2.25. The van der Waals surface area contributed by atoms with Gasteiger partial charge in [-0.1, -0.05) is 12.1 Å². The highest BCUT2D eigenvalue weighted by Gasteiger charge is 2.46. The molecule has 1 amide bonds. The summed E-state index contributed by atoms with van der Waals surface area (Å²) in [5, 5.41) is 23.0. The molecule has 10 heteroatoms. The summed E-state index contributed by atoms with van der Waals surface area (Å²) in [7, 11) is 1.57. The maximum atomic E-state index is 14.2. The summed E-state index contributed by atoms with van der Waals surface area (Å²) in [5.74, 6) is -2.14. The van der Waals surface area contributed by atoms with Crippen LogP contribution >= 0.6 is 0 Å². The van der Waals surface area contributed by atoms with Gasteiger partial charge < -0.3 is 19.7 Å². The monoisotopic (exact) mass is 515 g/mol. The van der Waals surface area contributed by atoms with Crippen LogP contribution in [0.2, 0.25) is 0 Å². The smallest absolute Gasteiger partial charge is 0.295 e. The topological polar surface area (TPSA) is 126 Å². The van der Waals surface area contributed by atoms with Crippen LogP contribution in [-0.2, 0) is 16.0 Å². The number of nitrogens with zero attached hydrogens (tertiary/aromatic N) is 2. The van der Waals surface area contributed by atoms with Gasteiger partial charge in [0.05, 0.1) is 23.6 Å². The van der Waals surface area contributed by atoms with E-state index in [0.717, 1.165) is 16.5 Å². The van der Waals surface area contributed by atoms with Crippen molar-refractivity contribution in [3.05, 3.63) is 111 Å². The lowest BCUT2D eigenvalue weighted by Crippen LogP contribution is -2.31. The van der Waals surface area contributed by atoms with Gasteiger partial charge in [-0.05, 0) is 60.0 Å². The molecule has 192 valence electrons. The maximum absolute atomic E-state index is 14.2. The number of aromatic nitrogens is 1. The van der Waals surface area contributed by atoms with Crippen molar-refractivity contribution in [1.82, 2.24) is 9.88 Å². The molecule has 1 aromatic heterocycles. The number of hydrogen-bond acceptors (Lipinski definition) is 6. The highest BCUT2D eigenvalue weighted by molar-refractivity contribution is 6.46. The summed E-state index contributed by atoms with van der Waals surface area (Å²) in [6.45, 7) is 0.104. The molecule has 2 heterocycles. The molecule has 4 aromatic rings. The molecule has 1 saturated heterocycles. The quantitative estimate of drug-likeness (QED) is 0.119. The van der Waals surface area contributed by atoms with E-state index in [-0.39, 0.29) is 23.4 Å². The third kappa shape index (κ3) is 4.36. The first-order valence-corrected chi connectivity index (χ1v) is 11.7. The number of halogens is 1. The van der Waals surface area contributed by atoms with Gasteiger partial charge in [0, 0.05) is 41.3 Å². The summed E-state index contributed by atoms with van der Waals surface area (Å²) in [6.07, 6.45) is 2.18. The van der Waals surface area contributed by atoms with Crippen LogP contribution in [0.25, 0.3) is 16.7 Å². The second-order valence-corrected chi connectivity index (χ2v) is 8.83. The average Bonchev–Trinajstić information content (AvgIpc) is 3.44. The van der Waals surface area contributed by atoms with E-state index >= 15 is 0 Å². The number of ketones is 1. The van der Waals surface area contributed by atoms with E-state index in [2.05, 4.69) is 4.98 Å². The van der Waals surface area contributed by atoms with E-state index in [0.29, 0.717) is 17.7 Å². The van der Waals surface area contributed by atoms with E-state index in [9.17, 15) is 29.2 Å². The number of nitrogens with one attached hydrogen (secondary N) is 1. The van der Waals surface area contributed by atoms with E-state index in [1.807, 2.05) is 24.4 Å². The van der Waals surface area contributed by atoms with Gasteiger partial charge in [0.1, 0.15) is 17.3 Å². The summed E-state index contributed by atoms with van der Waals surface area (Å²) >= 11 is 0. The fraction of sp³-hybridized carbons (Fsp3) is 0.143. The van der Waals surface area contributed by atoms with Crippen molar-refractivity contribution < 1.29 is 28.7 Å². The van der Waals surface area contributed by atoms with Crippen molar-refractivity contribution >= 4 is 34.0 Å². The Labute approximate surface area is 215 Å². The molecule has 0 spiro atoms. The highest BCUT2D eigenvalue weighted by Crippen LogP contribution is 2.40. The van der Waals surface area contributed by atoms with Gasteiger partial charge in [-0.15, -0.1) is 0 Å². The Morgan fingerprint density at radius 1 is 1.13 bits per heavy atom. The van der Waals surface area contributed by atoms with Crippen LogP contribution < -0.4 is 4.74 Å². The Morgan fingerprint density at radius 3 is 2.58 bits per heavy atom. The summed E-state index contributed by atoms with van der Waals surface area (Å²) in [4.78, 5) is 41.3. The number of nitro benzene ring substituents is 1. The number of carbonyl (C=O) groups excluding carboxylic acids is 2. The summed E-state index contributed by atoms with van der Waals surface area (Å²) in [5.41, 5.74) is 1.79. The fourth-order valence-electron chi connectivity index (χ4n) is 4.76. The number of aliphatic hydroxyl groups is 1. The number of aromatic amines is 1. The van der Waals surface area contributed by atoms with Gasteiger partial charge in [-0.25, -0.2) is 4.39 Å². The van der Waals surface area contributed by atoms with Crippen molar-refractivity contribution in [3.63, 3.8) is 0 Å². The zero-order valence-corrected chi connectivity index (χ0v) is 20.2. The van der Waals surface area contributed by atoms with Crippen LogP contribution in [-0.4, -0.2) is 45.3 Å². The number of rotatable bonds is 7. The second kappa shape index (κ2) is 9.81. The van der Waals surface area contributed by atoms with Gasteiger partial charge in [0.2, 0.25) is 0 Å². The number of hydrogen-bond donors (Lipinski definition) is 2. The molecular formula is C28H22FN3O6. The standard InChI is InChI=1S/C28H22FN3O6/c1-38-21-9-10-23-22(14-21)18(15-30-23)11-12-31-25(17-3-2-4-19(29)13-17)24(27(34)28(31)35)26(33)16-5-7-20(8-6-16)32(36)37/h2-10,13-15,25,30,33H,11-12H2,1H3/b26-24-. The maximum Gasteiger partial charge on any atom is 0.295 e. The molecule has 2 N–H and O–H groups in total. The van der Waals surface area contributed by atoms with Crippen molar-refractivity contribution in [2.75, 3.05) is 13.7 Å². The molecule has 3 aromatic carbocycles. The fourth-order valence-corrected chi connectivity index (χ4v) is 4.76. The first-order chi connectivity index (χ1) is 18.3. The van der Waals surface area contributed by atoms with E-state index in [4.69, 9.17) is 4.74 Å². The number of H-pyrrole nitrogens is 1. The van der Waals surface area contributed by atoms with E-state index in [1.165, 1.54) is 47.4 Å². The minimum Gasteiger partial charge on any atom is -0.507 e. The van der Waals surface area contributed by atoms with Crippen LogP contribution in [0.3, 0.4) is 0 Å². The van der Waals surface area contributed by atoms with Crippen molar-refractivity contribution in [2.24, 2.45) is 0 Å². The molecule has 9 nitrogen and oxygen atoms in total. The van der Waals surface area contributed by atoms with Crippen molar-refractivity contribution in [3.8, 4) is 5.75 Å². The molecule has 0 aliphatic carbocycles. The molecule has 0 bridgehead atoms. The summed E-state index contributed by atoms with van der Waals surface area (Å²) in [6, 6.07) is 15.0. The number of non-ortho nitro benzene ring substituents is 1. The molecule has 1 fully saturated rings. The minimum atomic E-state index is -1.05. The second-order valence-electron chi connectivity index (χ2n) is 8.83. The Kier molecular flexibility index (Phi) is 6.38. The third-order valence-electron chi connectivity index (χ3n) is 6.65. The predicted octanol–water partition coefficient (Wildman–Crippen LogP) is 4.89. The Bertz CT molecular complexity index is 1610. The first kappa shape index (κ1) is 24.7. The number of amides is 1. The number of aliphatic hydroxyl groups excluding tert-OH is 1. The van der Waals surface area contributed by atoms with Crippen molar-refractivity contribution in [1.29, 1.82) is 0 Å². The van der Waals surface area contributed by atoms with Gasteiger partial charge >= 0.3 is 0 Å². The summed E-state index contributed by atoms with van der Waals surface area (Å²) < 4.78 is 19.5. The largest absolute Gasteiger partial charge is 0.507 e. The van der Waals surface area contributed by atoms with Crippen LogP contribution in [0.1, 0.15) is 22.7 Å². The van der Waals surface area contributed by atoms with Crippen LogP contribution in [0.15, 0.2) is 78.5 Å². The number of nitro groups is 1. The highest BCUT2D eigenvalue weighted by atomic mass is 19.1. The first-order valence-electron chi connectivity index (χ1n) is 11.7. The van der Waals surface area contributed by atoms with Gasteiger partial charge in [-0.2, -0.15) is 0 Å². The lowest BCUT2D eigenvalue weighted by molar-refractivity contribution is -0.384. The zero-order valence-electron chi connectivity index (χ0n) is 20.2. The minimum absolute atomic E-state index is 0.104. The predicted molar refractivity (Wildman–Crippen MR) is 137 cm³/mol. The number of likely N-dealkylation sites (tertiary alicyclic amines) is 1. The third-order valence-corrected chi connectivity index (χ3v) is 6.65. The molecule has 1 atom stereocenters. The molecule has 1 aliphatic rings.